The van der Waals surface area contributed by atoms with Gasteiger partial charge < -0.3 is 10.6 Å². The lowest BCUT2D eigenvalue weighted by Crippen LogP contribution is -2.36. The number of aromatic nitrogens is 1. The smallest absolute Gasteiger partial charge is 0.0705 e. The summed E-state index contributed by atoms with van der Waals surface area (Å²) in [4.78, 5) is 4.40. The minimum absolute atomic E-state index is 0.493. The van der Waals surface area contributed by atoms with Gasteiger partial charge in [-0.15, -0.1) is 0 Å². The maximum absolute atomic E-state index is 4.40. The molecule has 0 saturated heterocycles. The SMILES string of the molecule is CC(CNC1CC1)NCc1cccc2ncccc12. The average Bonchev–Trinajstić information content (AvgIpc) is 3.27. The van der Waals surface area contributed by atoms with Gasteiger partial charge in [-0.05, 0) is 37.5 Å². The molecule has 2 N–H and O–H groups in total. The van der Waals surface area contributed by atoms with Gasteiger partial charge >= 0.3 is 0 Å². The molecule has 1 atom stereocenters. The largest absolute Gasteiger partial charge is 0.312 e. The van der Waals surface area contributed by atoms with Crippen LogP contribution in [0.4, 0.5) is 0 Å². The van der Waals surface area contributed by atoms with E-state index in [1.54, 1.807) is 0 Å². The maximum Gasteiger partial charge on any atom is 0.0705 e. The van der Waals surface area contributed by atoms with E-state index in [9.17, 15) is 0 Å². The highest BCUT2D eigenvalue weighted by atomic mass is 15.0. The highest BCUT2D eigenvalue weighted by Crippen LogP contribution is 2.18. The van der Waals surface area contributed by atoms with Crippen LogP contribution in [0.2, 0.25) is 0 Å². The van der Waals surface area contributed by atoms with Gasteiger partial charge in [0.05, 0.1) is 5.52 Å². The molecule has 1 aliphatic carbocycles. The fraction of sp³-hybridized carbons (Fsp3) is 0.438. The monoisotopic (exact) mass is 255 g/mol. The molecule has 3 heteroatoms. The Morgan fingerprint density at radius 3 is 3.00 bits per heavy atom. The van der Waals surface area contributed by atoms with E-state index in [2.05, 4.69) is 46.8 Å². The standard InChI is InChI=1S/C16H21N3/c1-12(10-19-14-7-8-14)18-11-13-4-2-6-16-15(13)5-3-9-17-16/h2-6,9,12,14,18-19H,7-8,10-11H2,1H3. The fourth-order valence-electron chi connectivity index (χ4n) is 2.31. The van der Waals surface area contributed by atoms with Crippen molar-refractivity contribution in [3.63, 3.8) is 0 Å². The Bertz CT molecular complexity index is 543. The number of benzene rings is 1. The second kappa shape index (κ2) is 5.68. The molecule has 0 aliphatic heterocycles. The van der Waals surface area contributed by atoms with E-state index in [0.717, 1.165) is 24.6 Å². The normalized spacial score (nSPS) is 16.7. The van der Waals surface area contributed by atoms with Gasteiger partial charge in [-0.25, -0.2) is 0 Å². The van der Waals surface area contributed by atoms with Crippen molar-refractivity contribution >= 4 is 10.9 Å². The van der Waals surface area contributed by atoms with E-state index in [4.69, 9.17) is 0 Å². The zero-order valence-electron chi connectivity index (χ0n) is 11.4. The van der Waals surface area contributed by atoms with Crippen LogP contribution < -0.4 is 10.6 Å². The van der Waals surface area contributed by atoms with Gasteiger partial charge in [0.25, 0.3) is 0 Å². The molecule has 1 aromatic heterocycles. The molecule has 1 aliphatic rings. The third-order valence-electron chi connectivity index (χ3n) is 3.67. The molecule has 1 fully saturated rings. The molecule has 0 amide bonds. The lowest BCUT2D eigenvalue weighted by molar-refractivity contribution is 0.501. The van der Waals surface area contributed by atoms with Crippen LogP contribution in [0.25, 0.3) is 10.9 Å². The Kier molecular flexibility index (Phi) is 3.76. The maximum atomic E-state index is 4.40. The van der Waals surface area contributed by atoms with Gasteiger partial charge in [0, 0.05) is 36.8 Å². The number of hydrogen-bond donors (Lipinski definition) is 2. The second-order valence-corrected chi connectivity index (χ2v) is 5.45. The Labute approximate surface area is 114 Å². The molecule has 3 nitrogen and oxygen atoms in total. The Morgan fingerprint density at radius 2 is 2.16 bits per heavy atom. The number of rotatable bonds is 6. The molecular weight excluding hydrogens is 234 g/mol. The summed E-state index contributed by atoms with van der Waals surface area (Å²) in [6, 6.07) is 11.8. The van der Waals surface area contributed by atoms with Crippen LogP contribution in [-0.2, 0) is 6.54 Å². The van der Waals surface area contributed by atoms with Crippen LogP contribution in [0.15, 0.2) is 36.5 Å². The summed E-state index contributed by atoms with van der Waals surface area (Å²) in [6.45, 7) is 4.18. The molecule has 1 saturated carbocycles. The van der Waals surface area contributed by atoms with Crippen LogP contribution in [0.3, 0.4) is 0 Å². The molecule has 2 aromatic rings. The van der Waals surface area contributed by atoms with E-state index in [0.29, 0.717) is 6.04 Å². The van der Waals surface area contributed by atoms with Crippen LogP contribution in [-0.4, -0.2) is 23.6 Å². The first-order chi connectivity index (χ1) is 9.33. The fourth-order valence-corrected chi connectivity index (χ4v) is 2.31. The third kappa shape index (κ3) is 3.31. The van der Waals surface area contributed by atoms with Crippen LogP contribution in [0.1, 0.15) is 25.3 Å². The van der Waals surface area contributed by atoms with Crippen molar-refractivity contribution < 1.29 is 0 Å². The topological polar surface area (TPSA) is 37.0 Å². The van der Waals surface area contributed by atoms with E-state index in [1.807, 2.05) is 12.3 Å². The highest BCUT2D eigenvalue weighted by Gasteiger charge is 2.20. The molecule has 0 bridgehead atoms. The Hall–Kier alpha value is -1.45. The summed E-state index contributed by atoms with van der Waals surface area (Å²) < 4.78 is 0. The van der Waals surface area contributed by atoms with Gasteiger partial charge in [-0.1, -0.05) is 18.2 Å². The van der Waals surface area contributed by atoms with E-state index < -0.39 is 0 Å². The van der Waals surface area contributed by atoms with E-state index in [1.165, 1.54) is 23.8 Å². The molecule has 100 valence electrons. The summed E-state index contributed by atoms with van der Waals surface area (Å²) in [6.07, 6.45) is 4.55. The molecule has 19 heavy (non-hydrogen) atoms. The number of nitrogens with one attached hydrogen (secondary N) is 2. The average molecular weight is 255 g/mol. The lowest BCUT2D eigenvalue weighted by atomic mass is 10.1. The minimum Gasteiger partial charge on any atom is -0.312 e. The molecule has 1 heterocycles. The van der Waals surface area contributed by atoms with Crippen LogP contribution in [0, 0.1) is 0 Å². The van der Waals surface area contributed by atoms with Crippen molar-refractivity contribution in [2.45, 2.75) is 38.4 Å². The van der Waals surface area contributed by atoms with Gasteiger partial charge in [0.1, 0.15) is 0 Å². The van der Waals surface area contributed by atoms with E-state index in [-0.39, 0.29) is 0 Å². The zero-order valence-corrected chi connectivity index (χ0v) is 11.4. The first-order valence-electron chi connectivity index (χ1n) is 7.12. The van der Waals surface area contributed by atoms with Gasteiger partial charge in [0.2, 0.25) is 0 Å². The first kappa shape index (κ1) is 12.6. The number of fused-ring (bicyclic) bond motifs is 1. The van der Waals surface area contributed by atoms with Crippen molar-refractivity contribution in [2.75, 3.05) is 6.54 Å². The predicted octanol–water partition coefficient (Wildman–Crippen LogP) is 2.46. The van der Waals surface area contributed by atoms with Crippen LogP contribution in [0.5, 0.6) is 0 Å². The number of nitrogens with zero attached hydrogens (tertiary/aromatic N) is 1. The molecular formula is C16H21N3. The van der Waals surface area contributed by atoms with Crippen molar-refractivity contribution in [3.8, 4) is 0 Å². The number of hydrogen-bond acceptors (Lipinski definition) is 3. The van der Waals surface area contributed by atoms with Crippen LogP contribution >= 0.6 is 0 Å². The highest BCUT2D eigenvalue weighted by molar-refractivity contribution is 5.81. The number of pyridine rings is 1. The first-order valence-corrected chi connectivity index (χ1v) is 7.12. The predicted molar refractivity (Wildman–Crippen MR) is 79.1 cm³/mol. The molecule has 0 spiro atoms. The van der Waals surface area contributed by atoms with Crippen molar-refractivity contribution in [2.24, 2.45) is 0 Å². The second-order valence-electron chi connectivity index (χ2n) is 5.45. The van der Waals surface area contributed by atoms with Gasteiger partial charge in [0.15, 0.2) is 0 Å². The minimum atomic E-state index is 0.493. The summed E-state index contributed by atoms with van der Waals surface area (Å²) in [5.41, 5.74) is 2.40. The molecule has 1 aromatic carbocycles. The van der Waals surface area contributed by atoms with Gasteiger partial charge in [-0.3, -0.25) is 4.98 Å². The van der Waals surface area contributed by atoms with E-state index >= 15 is 0 Å². The quantitative estimate of drug-likeness (QED) is 0.832. The zero-order chi connectivity index (χ0) is 13.1. The summed E-state index contributed by atoms with van der Waals surface area (Å²) in [5, 5.41) is 8.39. The summed E-state index contributed by atoms with van der Waals surface area (Å²) >= 11 is 0. The Balaban J connectivity index is 1.61. The molecule has 3 rings (SSSR count). The van der Waals surface area contributed by atoms with Crippen molar-refractivity contribution in [1.29, 1.82) is 0 Å². The third-order valence-corrected chi connectivity index (χ3v) is 3.67. The summed E-state index contributed by atoms with van der Waals surface area (Å²) in [5.74, 6) is 0. The van der Waals surface area contributed by atoms with Gasteiger partial charge in [-0.2, -0.15) is 0 Å². The van der Waals surface area contributed by atoms with Crippen molar-refractivity contribution in [3.05, 3.63) is 42.1 Å². The van der Waals surface area contributed by atoms with Crippen molar-refractivity contribution in [1.82, 2.24) is 15.6 Å². The Morgan fingerprint density at radius 1 is 1.26 bits per heavy atom. The molecule has 0 radical (unpaired) electrons. The lowest BCUT2D eigenvalue weighted by Gasteiger charge is -2.15. The summed E-state index contributed by atoms with van der Waals surface area (Å²) in [7, 11) is 0. The molecule has 1 unspecified atom stereocenters.